The largest absolute Gasteiger partial charge is 0.352 e. The number of halogens is 10. The van der Waals surface area contributed by atoms with Crippen LogP contribution in [0.5, 0.6) is 0 Å². The topological polar surface area (TPSA) is 110 Å². The summed E-state index contributed by atoms with van der Waals surface area (Å²) in [6.45, 7) is 51.0. The van der Waals surface area contributed by atoms with Gasteiger partial charge in [-0.05, 0) is 277 Å². The number of carbonyl (C=O) groups excluding carboxylic acids is 4. The van der Waals surface area contributed by atoms with Crippen LogP contribution in [-0.2, 0) is 32.3 Å². The normalized spacial score (nSPS) is 17.1. The molecule has 4 aliphatic carbocycles. The van der Waals surface area contributed by atoms with Crippen LogP contribution >= 0.6 is 159 Å². The molecule has 0 amide bonds. The maximum atomic E-state index is 15.5. The zero-order chi connectivity index (χ0) is 80.4. The first-order valence-corrected chi connectivity index (χ1v) is 44.1. The molecule has 5 aliphatic rings. The molecule has 11 rings (SSSR count). The van der Waals surface area contributed by atoms with Gasteiger partial charge in [0.15, 0.2) is 23.1 Å². The van der Waals surface area contributed by atoms with Gasteiger partial charge in [-0.1, -0.05) is 222 Å². The summed E-state index contributed by atoms with van der Waals surface area (Å²) in [6.07, 6.45) is 16.7. The fraction of sp³-hybridized carbons (Fsp3) is 0.378. The van der Waals surface area contributed by atoms with Crippen molar-refractivity contribution in [2.45, 2.75) is 179 Å². The Labute approximate surface area is 723 Å². The number of Topliss-reactive ketones (excluding diaryl/α,β-unsaturated/α-hetero) is 4. The first-order chi connectivity index (χ1) is 49.5. The van der Waals surface area contributed by atoms with Gasteiger partial charge >= 0.3 is 0 Å². The number of H-pyrrole nitrogens is 2. The van der Waals surface area contributed by atoms with Crippen molar-refractivity contribution in [1.29, 1.82) is 0 Å². The number of aromatic amines is 2. The lowest BCUT2D eigenvalue weighted by Gasteiger charge is -2.32. The Morgan fingerprint density at radius 1 is 0.250 bits per heavy atom. The van der Waals surface area contributed by atoms with E-state index in [1.54, 1.807) is 0 Å². The van der Waals surface area contributed by atoms with Crippen molar-refractivity contribution in [2.24, 2.45) is 43.3 Å². The molecule has 8 nitrogen and oxygen atoms in total. The number of benzene rings is 2. The molecule has 5 heterocycles. The SMILES string of the molecule is CC(C)(C)C1=CC(=C2c3[nH]c(c(Br)c3Br)C(=C3C=C(C(C)(C)C)C(=O)C(C(C)(C)C)=C3)c3c(Br)c(Br)c(n3Cc3ccc(Br)cc3)C(=C3C=C(C(C)(C)C)C(=O)C(C(C)(C)C)=C3)c3[nH]c(c(Br)c3Br)C(=C3C=C(C(C)(C)C)C(=O)C(C(C)(C)C)=C3)c3c(Br)c(Br)c2n3Cc2ccc(Br)cc2)C=C(C(C)(C)C)C1=O. The second-order valence-electron chi connectivity index (χ2n) is 37.2. The fourth-order valence-corrected chi connectivity index (χ4v) is 19.6. The summed E-state index contributed by atoms with van der Waals surface area (Å²) in [5.74, 6) is -0.0748. The summed E-state index contributed by atoms with van der Waals surface area (Å²) in [4.78, 5) is 70.6. The van der Waals surface area contributed by atoms with Gasteiger partial charge in [0.25, 0.3) is 0 Å². The number of rotatable bonds is 4. The third-order valence-corrected chi connectivity index (χ3v) is 29.9. The lowest BCUT2D eigenvalue weighted by Crippen LogP contribution is -2.28. The van der Waals surface area contributed by atoms with Crippen molar-refractivity contribution in [2.75, 3.05) is 0 Å². The summed E-state index contributed by atoms with van der Waals surface area (Å²) in [6, 6.07) is 16.8. The Morgan fingerprint density at radius 2 is 0.407 bits per heavy atom. The van der Waals surface area contributed by atoms with Crippen LogP contribution in [0.3, 0.4) is 0 Å². The first kappa shape index (κ1) is 84.8. The number of allylic oxidation sites excluding steroid dienone is 20. The van der Waals surface area contributed by atoms with Gasteiger partial charge in [0, 0.05) is 88.9 Å². The van der Waals surface area contributed by atoms with Crippen LogP contribution in [0, 0.1) is 43.3 Å². The first-order valence-electron chi connectivity index (χ1n) is 36.2. The smallest absolute Gasteiger partial charge is 0.186 e. The number of carbonyl (C=O) groups is 4. The molecule has 6 aromatic rings. The Morgan fingerprint density at radius 3 is 0.556 bits per heavy atom. The van der Waals surface area contributed by atoms with E-state index in [9.17, 15) is 0 Å². The molecule has 108 heavy (non-hydrogen) atoms. The molecule has 0 fully saturated rings. The highest BCUT2D eigenvalue weighted by Crippen LogP contribution is 2.58. The maximum Gasteiger partial charge on any atom is 0.186 e. The molecule has 568 valence electrons. The monoisotopic (exact) mass is 2080 g/mol. The molecule has 2 N–H and O–H groups in total. The lowest BCUT2D eigenvalue weighted by molar-refractivity contribution is -0.114. The zero-order valence-electron chi connectivity index (χ0n) is 66.0. The molecule has 8 bridgehead atoms. The number of hydrogen-bond acceptors (Lipinski definition) is 4. The highest BCUT2D eigenvalue weighted by Gasteiger charge is 2.45. The van der Waals surface area contributed by atoms with Crippen molar-refractivity contribution in [3.8, 4) is 0 Å². The molecule has 2 aromatic carbocycles. The van der Waals surface area contributed by atoms with Crippen molar-refractivity contribution in [1.82, 2.24) is 19.1 Å². The molecule has 0 spiro atoms. The minimum Gasteiger partial charge on any atom is -0.352 e. The number of nitrogens with zero attached hydrogens (tertiary/aromatic N) is 2. The van der Waals surface area contributed by atoms with E-state index in [0.717, 1.165) is 87.4 Å². The van der Waals surface area contributed by atoms with Gasteiger partial charge in [0.05, 0.1) is 81.3 Å². The van der Waals surface area contributed by atoms with E-state index in [0.29, 0.717) is 116 Å². The summed E-state index contributed by atoms with van der Waals surface area (Å²) in [5.41, 5.74) is 13.9. The summed E-state index contributed by atoms with van der Waals surface area (Å²) >= 11 is 43.0. The zero-order valence-corrected chi connectivity index (χ0v) is 81.8. The van der Waals surface area contributed by atoms with E-state index < -0.39 is 43.3 Å². The van der Waals surface area contributed by atoms with E-state index >= 15 is 19.2 Å². The third-order valence-electron chi connectivity index (χ3n) is 20.5. The van der Waals surface area contributed by atoms with Crippen LogP contribution in [-0.4, -0.2) is 42.2 Å². The minimum absolute atomic E-state index is 0.0187. The van der Waals surface area contributed by atoms with E-state index in [2.05, 4.69) is 442 Å². The van der Waals surface area contributed by atoms with Crippen molar-refractivity contribution < 1.29 is 19.2 Å². The standard InChI is InChI=1S/C90H94Br10N4O4/c1-83(2,3)51-33-45(34-52(79(51)105)84(4,5)6)59-71-63(93)64(94)72(101-71)60(46-35-53(85(7,8)9)80(106)54(36-46)86(10,11)12)77-69(99)70(100)78(104(77)42-44-27-31-50(92)32-28-44)62(48-39-57(89(19,20)21)82(108)58(40-48)90(22,23)24)74-66(96)65(95)73(102-74)61(47-37-55(87(13,14)15)81(107)56(38-47)88(16,17)18)76-68(98)67(97)75(59)103(76)41-43-25-29-49(91)30-26-43/h25-40,101-102H,41-42H2,1-24H3. The third kappa shape index (κ3) is 15.8. The molecule has 18 heteroatoms. The minimum atomic E-state index is -0.625. The van der Waals surface area contributed by atoms with Gasteiger partial charge in [-0.25, -0.2) is 0 Å². The van der Waals surface area contributed by atoms with Crippen LogP contribution in [0.1, 0.15) is 223 Å². The predicted molar refractivity (Wildman–Crippen MR) is 483 cm³/mol. The average Bonchev–Trinajstić information content (AvgIpc) is 1.54. The van der Waals surface area contributed by atoms with Gasteiger partial charge in [-0.3, -0.25) is 19.2 Å². The molecule has 0 unspecified atom stereocenters. The van der Waals surface area contributed by atoms with Crippen LogP contribution in [0.15, 0.2) is 209 Å². The highest BCUT2D eigenvalue weighted by atomic mass is 79.9. The van der Waals surface area contributed by atoms with Crippen LogP contribution in [0.4, 0.5) is 0 Å². The van der Waals surface area contributed by atoms with Gasteiger partial charge < -0.3 is 19.1 Å². The number of hydrogen-bond donors (Lipinski definition) is 2. The van der Waals surface area contributed by atoms with E-state index in [1.165, 1.54) is 0 Å². The molecule has 0 saturated carbocycles. The quantitative estimate of drug-likeness (QED) is 0.183. The van der Waals surface area contributed by atoms with Crippen LogP contribution in [0.25, 0.3) is 22.3 Å². The van der Waals surface area contributed by atoms with Crippen molar-refractivity contribution in [3.63, 3.8) is 0 Å². The molecular weight excluding hydrogens is 2000 g/mol. The maximum absolute atomic E-state index is 15.5. The van der Waals surface area contributed by atoms with Gasteiger partial charge in [0.1, 0.15) is 0 Å². The molecule has 0 atom stereocenters. The fourth-order valence-electron chi connectivity index (χ4n) is 14.7. The Hall–Kier alpha value is -4.08. The second kappa shape index (κ2) is 29.6. The number of ketones is 4. The highest BCUT2D eigenvalue weighted by molar-refractivity contribution is 9.14. The van der Waals surface area contributed by atoms with Gasteiger partial charge in [-0.2, -0.15) is 0 Å². The molecular formula is C90H94Br10N4O4. The van der Waals surface area contributed by atoms with E-state index in [1.807, 2.05) is 0 Å². The number of nitrogens with one attached hydrogen (secondary N) is 2. The molecule has 0 saturated heterocycles. The van der Waals surface area contributed by atoms with Crippen LogP contribution in [0.2, 0.25) is 0 Å². The number of fused-ring (bicyclic) bond motifs is 8. The summed E-state index contributed by atoms with van der Waals surface area (Å²) in [5, 5.41) is 0. The Balaban J connectivity index is 1.56. The Kier molecular flexibility index (Phi) is 23.3. The van der Waals surface area contributed by atoms with Gasteiger partial charge in [-0.15, -0.1) is 0 Å². The van der Waals surface area contributed by atoms with E-state index in [-0.39, 0.29) is 23.1 Å². The predicted octanol–water partition coefficient (Wildman–Crippen LogP) is 29.3. The summed E-state index contributed by atoms with van der Waals surface area (Å²) in [7, 11) is 0. The van der Waals surface area contributed by atoms with Crippen molar-refractivity contribution >= 4 is 205 Å². The number of aromatic nitrogens is 4. The van der Waals surface area contributed by atoms with E-state index in [4.69, 9.17) is 0 Å². The molecule has 1 aliphatic heterocycles. The van der Waals surface area contributed by atoms with Crippen LogP contribution < -0.4 is 0 Å². The average molecular weight is 2090 g/mol. The molecule has 0 radical (unpaired) electrons. The Bertz CT molecular complexity index is 4590. The second-order valence-corrected chi connectivity index (χ2v) is 45.4. The lowest BCUT2D eigenvalue weighted by atomic mass is 9.71. The summed E-state index contributed by atoms with van der Waals surface area (Å²) < 4.78 is 12.1. The molecule has 4 aromatic heterocycles. The van der Waals surface area contributed by atoms with Crippen molar-refractivity contribution in [3.05, 3.63) is 265 Å². The van der Waals surface area contributed by atoms with Gasteiger partial charge in [0.2, 0.25) is 0 Å².